The van der Waals surface area contributed by atoms with Crippen molar-refractivity contribution in [3.8, 4) is 0 Å². The van der Waals surface area contributed by atoms with Crippen molar-refractivity contribution in [1.82, 2.24) is 9.38 Å². The first-order chi connectivity index (χ1) is 6.31. The van der Waals surface area contributed by atoms with Crippen molar-refractivity contribution >= 4 is 22.6 Å². The second kappa shape index (κ2) is 3.10. The Hall–Kier alpha value is -1.49. The number of hydrogen-bond donors (Lipinski definition) is 0. The van der Waals surface area contributed by atoms with E-state index in [2.05, 4.69) is 4.98 Å². The van der Waals surface area contributed by atoms with Gasteiger partial charge in [-0.1, -0.05) is 0 Å². The molecule has 0 spiro atoms. The van der Waals surface area contributed by atoms with E-state index in [0.717, 1.165) is 11.2 Å². The lowest BCUT2D eigenvalue weighted by Crippen LogP contribution is -2.09. The van der Waals surface area contributed by atoms with Gasteiger partial charge in [0.15, 0.2) is 4.96 Å². The van der Waals surface area contributed by atoms with Gasteiger partial charge >= 0.3 is 0 Å². The normalized spacial score (nSPS) is 10.5. The van der Waals surface area contributed by atoms with Gasteiger partial charge in [0.1, 0.15) is 6.29 Å². The van der Waals surface area contributed by atoms with Crippen molar-refractivity contribution in [1.29, 1.82) is 0 Å². The summed E-state index contributed by atoms with van der Waals surface area (Å²) >= 11 is 1.36. The number of aldehydes is 1. The Kier molecular flexibility index (Phi) is 1.94. The van der Waals surface area contributed by atoms with Gasteiger partial charge in [0.2, 0.25) is 0 Å². The molecule has 13 heavy (non-hydrogen) atoms. The van der Waals surface area contributed by atoms with Crippen LogP contribution in [0.2, 0.25) is 0 Å². The van der Waals surface area contributed by atoms with Crippen molar-refractivity contribution in [2.45, 2.75) is 6.42 Å². The second-order valence-electron chi connectivity index (χ2n) is 2.50. The highest BCUT2D eigenvalue weighted by Crippen LogP contribution is 2.13. The molecule has 0 aliphatic rings. The van der Waals surface area contributed by atoms with Gasteiger partial charge in [0.05, 0.1) is 0 Å². The molecule has 2 aromatic heterocycles. The first kappa shape index (κ1) is 8.12. The van der Waals surface area contributed by atoms with Crippen molar-refractivity contribution in [3.05, 3.63) is 33.7 Å². The lowest BCUT2D eigenvalue weighted by atomic mass is 10.4. The van der Waals surface area contributed by atoms with Crippen LogP contribution in [0.15, 0.2) is 23.3 Å². The molecule has 66 valence electrons. The van der Waals surface area contributed by atoms with Crippen LogP contribution in [-0.4, -0.2) is 15.7 Å². The van der Waals surface area contributed by atoms with E-state index < -0.39 is 0 Å². The Morgan fingerprint density at radius 3 is 3.15 bits per heavy atom. The third-order valence-corrected chi connectivity index (χ3v) is 2.64. The molecule has 5 heteroatoms. The number of carbonyl (C=O) groups excluding carboxylic acids is 1. The number of rotatable bonds is 2. The van der Waals surface area contributed by atoms with E-state index in [9.17, 15) is 9.59 Å². The molecule has 0 bridgehead atoms. The molecule has 0 atom stereocenters. The Morgan fingerprint density at radius 1 is 1.62 bits per heavy atom. The average Bonchev–Trinajstić information content (AvgIpc) is 2.49. The Morgan fingerprint density at radius 2 is 2.46 bits per heavy atom. The van der Waals surface area contributed by atoms with Crippen LogP contribution < -0.4 is 5.56 Å². The van der Waals surface area contributed by atoms with Crippen LogP contribution in [0.1, 0.15) is 4.88 Å². The average molecular weight is 194 g/mol. The monoisotopic (exact) mass is 194 g/mol. The Labute approximate surface area is 77.5 Å². The quantitative estimate of drug-likeness (QED) is 0.654. The Bertz CT molecular complexity index is 500. The largest absolute Gasteiger partial charge is 0.303 e. The number of aromatic nitrogens is 2. The van der Waals surface area contributed by atoms with Gasteiger partial charge in [-0.05, 0) is 0 Å². The number of carbonyl (C=O) groups is 1. The molecular formula is C8H6N2O2S. The molecule has 0 aromatic carbocycles. The van der Waals surface area contributed by atoms with Crippen molar-refractivity contribution in [2.24, 2.45) is 0 Å². The molecule has 0 unspecified atom stereocenters. The van der Waals surface area contributed by atoms with Gasteiger partial charge in [0.25, 0.3) is 5.56 Å². The van der Waals surface area contributed by atoms with Gasteiger partial charge in [-0.3, -0.25) is 9.20 Å². The van der Waals surface area contributed by atoms with Gasteiger partial charge in [-0.25, -0.2) is 4.98 Å². The van der Waals surface area contributed by atoms with E-state index in [-0.39, 0.29) is 5.56 Å². The van der Waals surface area contributed by atoms with Gasteiger partial charge in [-0.2, -0.15) is 0 Å². The molecule has 0 N–H and O–H groups in total. The lowest BCUT2D eigenvalue weighted by molar-refractivity contribution is -0.107. The van der Waals surface area contributed by atoms with E-state index in [1.165, 1.54) is 28.0 Å². The molecule has 0 saturated carbocycles. The van der Waals surface area contributed by atoms with E-state index in [1.54, 1.807) is 6.20 Å². The summed E-state index contributed by atoms with van der Waals surface area (Å²) in [5.74, 6) is 0. The molecule has 4 nitrogen and oxygen atoms in total. The summed E-state index contributed by atoms with van der Waals surface area (Å²) in [6.45, 7) is 0. The molecule has 2 rings (SSSR count). The van der Waals surface area contributed by atoms with Crippen LogP contribution in [0, 0.1) is 0 Å². The van der Waals surface area contributed by atoms with E-state index in [1.807, 2.05) is 0 Å². The zero-order valence-corrected chi connectivity index (χ0v) is 7.45. The molecule has 0 saturated heterocycles. The summed E-state index contributed by atoms with van der Waals surface area (Å²) in [6.07, 6.45) is 4.28. The van der Waals surface area contributed by atoms with Crippen LogP contribution in [0.5, 0.6) is 0 Å². The third kappa shape index (κ3) is 1.38. The van der Waals surface area contributed by atoms with Crippen LogP contribution in [0.4, 0.5) is 0 Å². The molecule has 0 aliphatic heterocycles. The van der Waals surface area contributed by atoms with Crippen LogP contribution in [0.25, 0.3) is 4.96 Å². The summed E-state index contributed by atoms with van der Waals surface area (Å²) in [4.78, 5) is 27.0. The maximum Gasteiger partial charge on any atom is 0.258 e. The SMILES string of the molecule is O=CCc1cn2c(=O)ccnc2s1. The van der Waals surface area contributed by atoms with Gasteiger partial charge in [-0.15, -0.1) is 11.3 Å². The fourth-order valence-electron chi connectivity index (χ4n) is 1.06. The lowest BCUT2D eigenvalue weighted by Gasteiger charge is -1.85. The summed E-state index contributed by atoms with van der Waals surface area (Å²) in [6, 6.07) is 1.39. The van der Waals surface area contributed by atoms with Crippen LogP contribution in [-0.2, 0) is 11.2 Å². The molecule has 0 fully saturated rings. The molecule has 0 aliphatic carbocycles. The maximum atomic E-state index is 11.2. The van der Waals surface area contributed by atoms with Crippen molar-refractivity contribution in [2.75, 3.05) is 0 Å². The smallest absolute Gasteiger partial charge is 0.258 e. The Balaban J connectivity index is 2.68. The third-order valence-electron chi connectivity index (χ3n) is 1.63. The summed E-state index contributed by atoms with van der Waals surface area (Å²) in [7, 11) is 0. The highest BCUT2D eigenvalue weighted by molar-refractivity contribution is 7.17. The van der Waals surface area contributed by atoms with Gasteiger partial charge < -0.3 is 4.79 Å². The molecule has 0 amide bonds. The number of thiazole rings is 1. The molecular weight excluding hydrogens is 188 g/mol. The molecule has 2 aromatic rings. The highest BCUT2D eigenvalue weighted by Gasteiger charge is 2.02. The zero-order chi connectivity index (χ0) is 9.26. The fourth-order valence-corrected chi connectivity index (χ4v) is 1.96. The fraction of sp³-hybridized carbons (Fsp3) is 0.125. The topological polar surface area (TPSA) is 51.4 Å². The van der Waals surface area contributed by atoms with E-state index in [0.29, 0.717) is 11.4 Å². The minimum absolute atomic E-state index is 0.113. The first-order valence-electron chi connectivity index (χ1n) is 3.71. The summed E-state index contributed by atoms with van der Waals surface area (Å²) in [5.41, 5.74) is -0.113. The predicted octanol–water partition coefficient (Wildman–Crippen LogP) is 0.497. The number of fused-ring (bicyclic) bond motifs is 1. The first-order valence-corrected chi connectivity index (χ1v) is 4.52. The van der Waals surface area contributed by atoms with Crippen LogP contribution >= 0.6 is 11.3 Å². The maximum absolute atomic E-state index is 11.2. The zero-order valence-electron chi connectivity index (χ0n) is 6.64. The highest BCUT2D eigenvalue weighted by atomic mass is 32.1. The van der Waals surface area contributed by atoms with E-state index >= 15 is 0 Å². The van der Waals surface area contributed by atoms with E-state index in [4.69, 9.17) is 0 Å². The standard InChI is InChI=1S/C8H6N2O2S/c11-4-2-6-5-10-7(12)1-3-9-8(10)13-6/h1,3-5H,2H2. The number of hydrogen-bond acceptors (Lipinski definition) is 4. The van der Waals surface area contributed by atoms with Crippen LogP contribution in [0.3, 0.4) is 0 Å². The van der Waals surface area contributed by atoms with Gasteiger partial charge in [0, 0.05) is 29.8 Å². The minimum Gasteiger partial charge on any atom is -0.303 e. The summed E-state index contributed by atoms with van der Waals surface area (Å²) in [5, 5.41) is 0. The second-order valence-corrected chi connectivity index (χ2v) is 3.60. The molecule has 0 radical (unpaired) electrons. The minimum atomic E-state index is -0.113. The molecule has 2 heterocycles. The van der Waals surface area contributed by atoms with Crippen molar-refractivity contribution < 1.29 is 4.79 Å². The summed E-state index contributed by atoms with van der Waals surface area (Å²) < 4.78 is 1.45. The number of nitrogens with zero attached hydrogens (tertiary/aromatic N) is 2. The van der Waals surface area contributed by atoms with Crippen molar-refractivity contribution in [3.63, 3.8) is 0 Å². The predicted molar refractivity (Wildman–Crippen MR) is 49.1 cm³/mol.